The minimum atomic E-state index is -0.467. The van der Waals surface area contributed by atoms with E-state index in [0.717, 1.165) is 30.9 Å². The molecule has 1 atom stereocenters. The first-order chi connectivity index (χ1) is 10.1. The third-order valence-electron chi connectivity index (χ3n) is 3.30. The van der Waals surface area contributed by atoms with Crippen LogP contribution in [0.4, 0.5) is 0 Å². The smallest absolute Gasteiger partial charge is 0.262 e. The fraction of sp³-hybridized carbons (Fsp3) is 0.588. The van der Waals surface area contributed by atoms with Crippen LogP contribution < -0.4 is 10.1 Å². The Bertz CT molecular complexity index is 395. The van der Waals surface area contributed by atoms with Crippen LogP contribution in [0.15, 0.2) is 30.3 Å². The molecule has 0 saturated carbocycles. The summed E-state index contributed by atoms with van der Waals surface area (Å²) in [5, 5.41) is 2.63. The van der Waals surface area contributed by atoms with Gasteiger partial charge in [0.25, 0.3) is 5.91 Å². The standard InChI is InChI=1S/C17H26ClNO2/c1-14(2)9-5-3-8-12-16(17(20)19-13-18)21-15-10-6-4-7-11-15/h4,6-7,10-11,14,16H,3,5,8-9,12-13H2,1-2H3,(H,19,20). The average Bonchev–Trinajstić information content (AvgIpc) is 2.46. The first-order valence-electron chi connectivity index (χ1n) is 7.69. The molecule has 0 heterocycles. The van der Waals surface area contributed by atoms with Crippen LogP contribution in [0.25, 0.3) is 0 Å². The number of para-hydroxylation sites is 1. The van der Waals surface area contributed by atoms with Gasteiger partial charge in [0.05, 0.1) is 6.00 Å². The summed E-state index contributed by atoms with van der Waals surface area (Å²) in [5.74, 6) is 1.31. The van der Waals surface area contributed by atoms with Gasteiger partial charge in [0.15, 0.2) is 6.10 Å². The molecular formula is C17H26ClNO2. The number of amides is 1. The third-order valence-corrected chi connectivity index (χ3v) is 3.44. The van der Waals surface area contributed by atoms with Crippen molar-refractivity contribution in [3.8, 4) is 5.75 Å². The monoisotopic (exact) mass is 311 g/mol. The fourth-order valence-corrected chi connectivity index (χ4v) is 2.28. The van der Waals surface area contributed by atoms with Crippen LogP contribution in [0, 0.1) is 5.92 Å². The van der Waals surface area contributed by atoms with Crippen LogP contribution in [0.5, 0.6) is 5.75 Å². The molecule has 4 heteroatoms. The van der Waals surface area contributed by atoms with Gasteiger partial charge in [-0.25, -0.2) is 0 Å². The van der Waals surface area contributed by atoms with Crippen LogP contribution >= 0.6 is 11.6 Å². The van der Waals surface area contributed by atoms with E-state index < -0.39 is 6.10 Å². The molecule has 1 amide bonds. The van der Waals surface area contributed by atoms with Gasteiger partial charge in [0.1, 0.15) is 5.75 Å². The summed E-state index contributed by atoms with van der Waals surface area (Å²) in [6.07, 6.45) is 4.80. The molecule has 1 unspecified atom stereocenters. The summed E-state index contributed by atoms with van der Waals surface area (Å²) in [4.78, 5) is 12.0. The minimum Gasteiger partial charge on any atom is -0.481 e. The van der Waals surface area contributed by atoms with E-state index in [-0.39, 0.29) is 11.9 Å². The van der Waals surface area contributed by atoms with Crippen molar-refractivity contribution in [1.29, 1.82) is 0 Å². The Morgan fingerprint density at radius 1 is 1.14 bits per heavy atom. The van der Waals surface area contributed by atoms with Crippen molar-refractivity contribution in [2.45, 2.75) is 52.1 Å². The second-order valence-corrected chi connectivity index (χ2v) is 5.89. The minimum absolute atomic E-state index is 0.112. The molecule has 1 N–H and O–H groups in total. The molecule has 0 fully saturated rings. The number of hydrogen-bond acceptors (Lipinski definition) is 2. The molecule has 0 aromatic heterocycles. The molecule has 0 radical (unpaired) electrons. The number of ether oxygens (including phenoxy) is 1. The number of carbonyl (C=O) groups excluding carboxylic acids is 1. The Kier molecular flexibility index (Phi) is 8.91. The highest BCUT2D eigenvalue weighted by Crippen LogP contribution is 2.16. The lowest BCUT2D eigenvalue weighted by Crippen LogP contribution is -2.37. The number of hydrogen-bond donors (Lipinski definition) is 1. The molecule has 118 valence electrons. The lowest BCUT2D eigenvalue weighted by atomic mass is 10.0. The highest BCUT2D eigenvalue weighted by molar-refractivity contribution is 6.18. The number of benzene rings is 1. The lowest BCUT2D eigenvalue weighted by Gasteiger charge is -2.18. The molecule has 1 rings (SSSR count). The van der Waals surface area contributed by atoms with Gasteiger partial charge in [-0.15, -0.1) is 11.6 Å². The average molecular weight is 312 g/mol. The van der Waals surface area contributed by atoms with Gasteiger partial charge in [-0.1, -0.05) is 51.3 Å². The van der Waals surface area contributed by atoms with Crippen molar-refractivity contribution in [2.75, 3.05) is 6.00 Å². The first kappa shape index (κ1) is 17.8. The number of carbonyl (C=O) groups is 1. The van der Waals surface area contributed by atoms with Crippen molar-refractivity contribution in [3.63, 3.8) is 0 Å². The molecular weight excluding hydrogens is 286 g/mol. The highest BCUT2D eigenvalue weighted by atomic mass is 35.5. The Morgan fingerprint density at radius 2 is 1.81 bits per heavy atom. The van der Waals surface area contributed by atoms with Gasteiger partial charge >= 0.3 is 0 Å². The van der Waals surface area contributed by atoms with E-state index in [9.17, 15) is 4.79 Å². The molecule has 0 spiro atoms. The van der Waals surface area contributed by atoms with E-state index in [1.807, 2.05) is 30.3 Å². The molecule has 0 aliphatic heterocycles. The maximum absolute atomic E-state index is 12.0. The van der Waals surface area contributed by atoms with Gasteiger partial charge in [0, 0.05) is 0 Å². The van der Waals surface area contributed by atoms with Crippen LogP contribution in [0.1, 0.15) is 46.0 Å². The summed E-state index contributed by atoms with van der Waals surface area (Å²) < 4.78 is 5.79. The predicted octanol–water partition coefficient (Wildman–Crippen LogP) is 4.35. The normalized spacial score (nSPS) is 12.2. The van der Waals surface area contributed by atoms with E-state index in [1.54, 1.807) is 0 Å². The van der Waals surface area contributed by atoms with Crippen molar-refractivity contribution < 1.29 is 9.53 Å². The second kappa shape index (κ2) is 10.5. The summed E-state index contributed by atoms with van der Waals surface area (Å²) in [6.45, 7) is 4.46. The molecule has 0 saturated heterocycles. The number of nitrogens with one attached hydrogen (secondary N) is 1. The Hall–Kier alpha value is -1.22. The van der Waals surface area contributed by atoms with Gasteiger partial charge in [0.2, 0.25) is 0 Å². The lowest BCUT2D eigenvalue weighted by molar-refractivity contribution is -0.128. The third kappa shape index (κ3) is 7.96. The number of unbranched alkanes of at least 4 members (excludes halogenated alkanes) is 2. The zero-order chi connectivity index (χ0) is 15.5. The Morgan fingerprint density at radius 3 is 2.43 bits per heavy atom. The topological polar surface area (TPSA) is 38.3 Å². The summed E-state index contributed by atoms with van der Waals surface area (Å²) in [5.41, 5.74) is 0. The van der Waals surface area contributed by atoms with Crippen molar-refractivity contribution in [2.24, 2.45) is 5.92 Å². The van der Waals surface area contributed by atoms with Crippen LogP contribution in [-0.4, -0.2) is 18.0 Å². The molecule has 21 heavy (non-hydrogen) atoms. The van der Waals surface area contributed by atoms with Crippen molar-refractivity contribution in [1.82, 2.24) is 5.32 Å². The zero-order valence-electron chi connectivity index (χ0n) is 13.0. The maximum Gasteiger partial charge on any atom is 0.262 e. The van der Waals surface area contributed by atoms with Gasteiger partial charge < -0.3 is 10.1 Å². The molecule has 0 bridgehead atoms. The van der Waals surface area contributed by atoms with Crippen LogP contribution in [-0.2, 0) is 4.79 Å². The fourth-order valence-electron chi connectivity index (χ4n) is 2.15. The Labute approximate surface area is 133 Å². The largest absolute Gasteiger partial charge is 0.481 e. The zero-order valence-corrected chi connectivity index (χ0v) is 13.7. The SMILES string of the molecule is CC(C)CCCCCC(Oc1ccccc1)C(=O)NCCl. The van der Waals surface area contributed by atoms with Crippen molar-refractivity contribution >= 4 is 17.5 Å². The van der Waals surface area contributed by atoms with Crippen LogP contribution in [0.2, 0.25) is 0 Å². The van der Waals surface area contributed by atoms with E-state index >= 15 is 0 Å². The number of rotatable bonds is 10. The maximum atomic E-state index is 12.0. The second-order valence-electron chi connectivity index (χ2n) is 5.63. The van der Waals surface area contributed by atoms with Gasteiger partial charge in [-0.05, 0) is 30.9 Å². The summed E-state index contributed by atoms with van der Waals surface area (Å²) in [6, 6.07) is 9.55. The molecule has 3 nitrogen and oxygen atoms in total. The predicted molar refractivity (Wildman–Crippen MR) is 87.6 cm³/mol. The van der Waals surface area contributed by atoms with Crippen molar-refractivity contribution in [3.05, 3.63) is 30.3 Å². The summed E-state index contributed by atoms with van der Waals surface area (Å²) >= 11 is 5.57. The number of halogens is 1. The van der Waals surface area contributed by atoms with E-state index in [4.69, 9.17) is 16.3 Å². The highest BCUT2D eigenvalue weighted by Gasteiger charge is 2.19. The molecule has 1 aromatic rings. The molecule has 0 aliphatic carbocycles. The van der Waals surface area contributed by atoms with E-state index in [1.165, 1.54) is 12.8 Å². The molecule has 1 aromatic carbocycles. The van der Waals surface area contributed by atoms with Crippen LogP contribution in [0.3, 0.4) is 0 Å². The molecule has 0 aliphatic rings. The van der Waals surface area contributed by atoms with E-state index in [2.05, 4.69) is 19.2 Å². The first-order valence-corrected chi connectivity index (χ1v) is 8.22. The van der Waals surface area contributed by atoms with E-state index in [0.29, 0.717) is 0 Å². The van der Waals surface area contributed by atoms with Gasteiger partial charge in [-0.2, -0.15) is 0 Å². The quantitative estimate of drug-likeness (QED) is 0.396. The summed E-state index contributed by atoms with van der Waals surface area (Å²) in [7, 11) is 0. The number of alkyl halides is 1. The Balaban J connectivity index is 2.43. The van der Waals surface area contributed by atoms with Gasteiger partial charge in [-0.3, -0.25) is 4.79 Å².